The van der Waals surface area contributed by atoms with Crippen LogP contribution in [0.15, 0.2) is 182 Å². The molecule has 0 saturated carbocycles. The monoisotopic (exact) mass is 606 g/mol. The van der Waals surface area contributed by atoms with E-state index >= 15 is 0 Å². The Labute approximate surface area is 279 Å². The van der Waals surface area contributed by atoms with Crippen molar-refractivity contribution in [1.29, 1.82) is 0 Å². The highest BCUT2D eigenvalue weighted by Gasteiger charge is 2.13. The number of fused-ring (bicyclic) bond motifs is 3. The van der Waals surface area contributed by atoms with E-state index in [-0.39, 0.29) is 0 Å². The molecule has 0 atom stereocenters. The third-order valence-electron chi connectivity index (χ3n) is 10.2. The van der Waals surface area contributed by atoms with Crippen molar-refractivity contribution in [2.75, 3.05) is 0 Å². The van der Waals surface area contributed by atoms with Gasteiger partial charge < -0.3 is 0 Å². The van der Waals surface area contributed by atoms with Crippen LogP contribution in [0.5, 0.6) is 0 Å². The first-order valence-corrected chi connectivity index (χ1v) is 16.7. The Bertz CT molecular complexity index is 2790. The van der Waals surface area contributed by atoms with Gasteiger partial charge in [0.05, 0.1) is 0 Å². The fourth-order valence-electron chi connectivity index (χ4n) is 7.84. The predicted octanol–water partition coefficient (Wildman–Crippen LogP) is 13.6. The maximum atomic E-state index is 2.34. The average molecular weight is 607 g/mol. The molecule has 0 unspecified atom stereocenters. The summed E-state index contributed by atoms with van der Waals surface area (Å²) >= 11 is 0. The van der Waals surface area contributed by atoms with E-state index in [0.29, 0.717) is 0 Å². The van der Waals surface area contributed by atoms with E-state index in [9.17, 15) is 0 Å². The molecule has 0 aliphatic heterocycles. The van der Waals surface area contributed by atoms with Gasteiger partial charge in [0, 0.05) is 0 Å². The summed E-state index contributed by atoms with van der Waals surface area (Å²) < 4.78 is 0. The summed E-state index contributed by atoms with van der Waals surface area (Å²) in [5.41, 5.74) is 9.91. The van der Waals surface area contributed by atoms with Gasteiger partial charge in [-0.3, -0.25) is 0 Å². The van der Waals surface area contributed by atoms with Gasteiger partial charge in [-0.1, -0.05) is 170 Å². The lowest BCUT2D eigenvalue weighted by atomic mass is 9.89. The van der Waals surface area contributed by atoms with Gasteiger partial charge in [-0.25, -0.2) is 0 Å². The molecule has 10 aromatic rings. The average Bonchev–Trinajstić information content (AvgIpc) is 3.17. The van der Waals surface area contributed by atoms with Crippen molar-refractivity contribution in [2.45, 2.75) is 0 Å². The van der Waals surface area contributed by atoms with Crippen molar-refractivity contribution in [3.8, 4) is 44.5 Å². The molecule has 0 bridgehead atoms. The molecule has 222 valence electrons. The Morgan fingerprint density at radius 1 is 0.208 bits per heavy atom. The van der Waals surface area contributed by atoms with Gasteiger partial charge in [-0.2, -0.15) is 0 Å². The standard InChI is InChI=1S/C48H30/c1-2-12-41-40(7-1)30-46(44-14-4-3-13-43(41)44)39-11-6-10-38(29-39)33-17-15-31(16-18-33)32-19-21-34(22-20-32)42-27-25-37-24-23-35-8-5-9-36-26-28-45(42)48(37)47(35)36/h1-30H. The zero-order valence-electron chi connectivity index (χ0n) is 26.3. The van der Waals surface area contributed by atoms with Crippen molar-refractivity contribution in [3.63, 3.8) is 0 Å². The topological polar surface area (TPSA) is 0 Å². The fraction of sp³-hybridized carbons (Fsp3) is 0. The molecule has 0 saturated heterocycles. The van der Waals surface area contributed by atoms with Gasteiger partial charge in [0.2, 0.25) is 0 Å². The maximum Gasteiger partial charge on any atom is -0.00206 e. The highest BCUT2D eigenvalue weighted by Crippen LogP contribution is 2.40. The molecule has 0 fully saturated rings. The highest BCUT2D eigenvalue weighted by molar-refractivity contribution is 6.25. The Balaban J connectivity index is 0.979. The first-order chi connectivity index (χ1) is 23.8. The molecule has 0 aromatic heterocycles. The van der Waals surface area contributed by atoms with Crippen LogP contribution in [0.1, 0.15) is 0 Å². The van der Waals surface area contributed by atoms with Crippen molar-refractivity contribution >= 4 is 53.9 Å². The van der Waals surface area contributed by atoms with Crippen LogP contribution in [0.3, 0.4) is 0 Å². The Morgan fingerprint density at radius 2 is 0.729 bits per heavy atom. The largest absolute Gasteiger partial charge is 0.0616 e. The van der Waals surface area contributed by atoms with Crippen LogP contribution in [0.4, 0.5) is 0 Å². The first-order valence-electron chi connectivity index (χ1n) is 16.7. The van der Waals surface area contributed by atoms with Crippen LogP contribution >= 0.6 is 0 Å². The molecule has 0 amide bonds. The second-order valence-electron chi connectivity index (χ2n) is 12.9. The lowest BCUT2D eigenvalue weighted by molar-refractivity contribution is 1.58. The Hall–Kier alpha value is -6.24. The quantitative estimate of drug-likeness (QED) is 0.175. The van der Waals surface area contributed by atoms with Gasteiger partial charge >= 0.3 is 0 Å². The van der Waals surface area contributed by atoms with Gasteiger partial charge in [-0.05, 0) is 111 Å². The lowest BCUT2D eigenvalue weighted by Gasteiger charge is -2.14. The van der Waals surface area contributed by atoms with E-state index in [1.165, 1.54) is 98.4 Å². The van der Waals surface area contributed by atoms with Crippen LogP contribution in [-0.4, -0.2) is 0 Å². The summed E-state index contributed by atoms with van der Waals surface area (Å²) in [7, 11) is 0. The smallest absolute Gasteiger partial charge is 0.00206 e. The molecular weight excluding hydrogens is 577 g/mol. The summed E-state index contributed by atoms with van der Waals surface area (Å²) in [6, 6.07) is 67.0. The highest BCUT2D eigenvalue weighted by atomic mass is 14.2. The van der Waals surface area contributed by atoms with E-state index in [2.05, 4.69) is 182 Å². The summed E-state index contributed by atoms with van der Waals surface area (Å²) in [6.45, 7) is 0. The van der Waals surface area contributed by atoms with Gasteiger partial charge in [0.25, 0.3) is 0 Å². The molecule has 48 heavy (non-hydrogen) atoms. The summed E-state index contributed by atoms with van der Waals surface area (Å²) in [6.07, 6.45) is 0. The Morgan fingerprint density at radius 3 is 1.48 bits per heavy atom. The molecule has 10 aromatic carbocycles. The maximum absolute atomic E-state index is 2.34. The van der Waals surface area contributed by atoms with Crippen LogP contribution in [0.2, 0.25) is 0 Å². The molecule has 0 N–H and O–H groups in total. The lowest BCUT2D eigenvalue weighted by Crippen LogP contribution is -1.87. The van der Waals surface area contributed by atoms with Crippen molar-refractivity contribution in [3.05, 3.63) is 182 Å². The molecule has 0 spiro atoms. The summed E-state index contributed by atoms with van der Waals surface area (Å²) in [5.74, 6) is 0. The number of hydrogen-bond acceptors (Lipinski definition) is 0. The molecular formula is C48H30. The molecule has 0 heterocycles. The van der Waals surface area contributed by atoms with Crippen molar-refractivity contribution in [2.24, 2.45) is 0 Å². The van der Waals surface area contributed by atoms with Crippen LogP contribution in [0, 0.1) is 0 Å². The second kappa shape index (κ2) is 10.7. The molecule has 10 rings (SSSR count). The minimum Gasteiger partial charge on any atom is -0.0616 e. The number of benzene rings is 10. The van der Waals surface area contributed by atoms with E-state index in [4.69, 9.17) is 0 Å². The van der Waals surface area contributed by atoms with E-state index in [1.54, 1.807) is 0 Å². The van der Waals surface area contributed by atoms with Crippen LogP contribution in [0.25, 0.3) is 98.4 Å². The van der Waals surface area contributed by atoms with Crippen LogP contribution in [-0.2, 0) is 0 Å². The van der Waals surface area contributed by atoms with E-state index in [0.717, 1.165) is 0 Å². The summed E-state index contributed by atoms with van der Waals surface area (Å²) in [5, 5.41) is 13.1. The van der Waals surface area contributed by atoms with E-state index < -0.39 is 0 Å². The molecule has 0 heteroatoms. The first kappa shape index (κ1) is 26.9. The number of hydrogen-bond donors (Lipinski definition) is 0. The Kier molecular flexibility index (Phi) is 5.98. The summed E-state index contributed by atoms with van der Waals surface area (Å²) in [4.78, 5) is 0. The zero-order valence-corrected chi connectivity index (χ0v) is 26.3. The predicted molar refractivity (Wildman–Crippen MR) is 207 cm³/mol. The molecule has 0 aliphatic rings. The van der Waals surface area contributed by atoms with Gasteiger partial charge in [0.15, 0.2) is 0 Å². The van der Waals surface area contributed by atoms with Crippen molar-refractivity contribution in [1.82, 2.24) is 0 Å². The minimum absolute atomic E-state index is 1.22. The third kappa shape index (κ3) is 4.24. The van der Waals surface area contributed by atoms with Gasteiger partial charge in [-0.15, -0.1) is 0 Å². The second-order valence-corrected chi connectivity index (χ2v) is 12.9. The number of rotatable bonds is 4. The zero-order chi connectivity index (χ0) is 31.6. The SMILES string of the molecule is c1cc(-c2ccc(-c3ccc(-c4ccc5ccc6cccc7ccc4c5c67)cc3)cc2)cc(-c2cc3ccccc3c3ccccc23)c1. The van der Waals surface area contributed by atoms with Crippen LogP contribution < -0.4 is 0 Å². The molecule has 0 radical (unpaired) electrons. The normalized spacial score (nSPS) is 11.8. The van der Waals surface area contributed by atoms with E-state index in [1.807, 2.05) is 0 Å². The fourth-order valence-corrected chi connectivity index (χ4v) is 7.84. The molecule has 0 aliphatic carbocycles. The third-order valence-corrected chi connectivity index (χ3v) is 10.2. The van der Waals surface area contributed by atoms with Gasteiger partial charge in [0.1, 0.15) is 0 Å². The van der Waals surface area contributed by atoms with Crippen molar-refractivity contribution < 1.29 is 0 Å². The minimum atomic E-state index is 1.22. The molecule has 0 nitrogen and oxygen atoms in total.